The van der Waals surface area contributed by atoms with E-state index in [2.05, 4.69) is 4.98 Å². The molecule has 5 nitrogen and oxygen atoms in total. The summed E-state index contributed by atoms with van der Waals surface area (Å²) in [7, 11) is 0. The molecule has 2 unspecified atom stereocenters. The van der Waals surface area contributed by atoms with Crippen molar-refractivity contribution in [3.05, 3.63) is 34.2 Å². The van der Waals surface area contributed by atoms with Crippen molar-refractivity contribution in [2.45, 2.75) is 25.8 Å². The monoisotopic (exact) mass is 249 g/mol. The molecule has 98 valence electrons. The third-order valence-corrected chi connectivity index (χ3v) is 3.63. The van der Waals surface area contributed by atoms with Crippen LogP contribution in [0.4, 0.5) is 0 Å². The maximum atomic E-state index is 12.4. The van der Waals surface area contributed by atoms with Crippen LogP contribution in [0.5, 0.6) is 0 Å². The average molecular weight is 249 g/mol. The average Bonchev–Trinajstić information content (AvgIpc) is 2.39. The van der Waals surface area contributed by atoms with Crippen molar-refractivity contribution >= 4 is 5.91 Å². The molecule has 3 N–H and O–H groups in total. The minimum Gasteiger partial charge on any atom is -0.367 e. The number of hydrogen-bond donors (Lipinski definition) is 2. The second kappa shape index (κ2) is 5.35. The number of amides is 1. The Morgan fingerprint density at radius 1 is 1.56 bits per heavy atom. The summed E-state index contributed by atoms with van der Waals surface area (Å²) in [5, 5.41) is 0. The zero-order valence-corrected chi connectivity index (χ0v) is 10.6. The molecule has 1 aliphatic rings. The molecule has 1 aromatic heterocycles. The van der Waals surface area contributed by atoms with E-state index in [9.17, 15) is 9.59 Å². The SMILES string of the molecule is CC1CCC(CN)CN1C(=O)c1c[nH]ccc1=O. The molecule has 1 aromatic rings. The van der Waals surface area contributed by atoms with E-state index < -0.39 is 0 Å². The van der Waals surface area contributed by atoms with Gasteiger partial charge in [0.1, 0.15) is 5.56 Å². The van der Waals surface area contributed by atoms with Gasteiger partial charge in [0, 0.05) is 31.0 Å². The van der Waals surface area contributed by atoms with Crippen LogP contribution in [-0.4, -0.2) is 34.9 Å². The van der Waals surface area contributed by atoms with E-state index in [-0.39, 0.29) is 22.9 Å². The molecule has 0 aromatic carbocycles. The molecule has 0 aliphatic carbocycles. The van der Waals surface area contributed by atoms with Gasteiger partial charge in [-0.2, -0.15) is 0 Å². The molecule has 0 spiro atoms. The van der Waals surface area contributed by atoms with E-state index in [0.29, 0.717) is 19.0 Å². The minimum absolute atomic E-state index is 0.167. The van der Waals surface area contributed by atoms with Crippen LogP contribution in [0.3, 0.4) is 0 Å². The van der Waals surface area contributed by atoms with E-state index in [0.717, 1.165) is 12.8 Å². The first-order valence-corrected chi connectivity index (χ1v) is 6.31. The summed E-state index contributed by atoms with van der Waals surface area (Å²) in [5.41, 5.74) is 5.65. The lowest BCUT2D eigenvalue weighted by atomic mass is 9.93. The van der Waals surface area contributed by atoms with Gasteiger partial charge in [0.2, 0.25) is 0 Å². The Balaban J connectivity index is 2.22. The van der Waals surface area contributed by atoms with Gasteiger partial charge in [-0.3, -0.25) is 9.59 Å². The van der Waals surface area contributed by atoms with Crippen molar-refractivity contribution in [2.24, 2.45) is 11.7 Å². The number of carbonyl (C=O) groups excluding carboxylic acids is 1. The number of carbonyl (C=O) groups is 1. The standard InChI is InChI=1S/C13H19N3O2/c1-9-2-3-10(6-14)8-16(9)13(18)11-7-15-5-4-12(11)17/h4-5,7,9-10H,2-3,6,8,14H2,1H3,(H,15,17). The minimum atomic E-state index is -0.235. The summed E-state index contributed by atoms with van der Waals surface area (Å²) >= 11 is 0. The number of likely N-dealkylation sites (tertiary alicyclic amines) is 1. The van der Waals surface area contributed by atoms with E-state index in [1.54, 1.807) is 4.90 Å². The number of nitrogens with two attached hydrogens (primary N) is 1. The summed E-state index contributed by atoms with van der Waals surface area (Å²) in [6.07, 6.45) is 5.00. The molecule has 2 heterocycles. The Hall–Kier alpha value is -1.62. The molecule has 2 rings (SSSR count). The highest BCUT2D eigenvalue weighted by Gasteiger charge is 2.29. The molecule has 1 saturated heterocycles. The van der Waals surface area contributed by atoms with Crippen LogP contribution in [0, 0.1) is 5.92 Å². The van der Waals surface area contributed by atoms with Crippen molar-refractivity contribution in [1.82, 2.24) is 9.88 Å². The van der Waals surface area contributed by atoms with Gasteiger partial charge in [0.05, 0.1) is 0 Å². The molecular weight excluding hydrogens is 230 g/mol. The number of piperidine rings is 1. The normalized spacial score (nSPS) is 24.0. The molecular formula is C13H19N3O2. The first-order chi connectivity index (χ1) is 8.63. The quantitative estimate of drug-likeness (QED) is 0.804. The predicted octanol–water partition coefficient (Wildman–Crippen LogP) is 0.574. The largest absolute Gasteiger partial charge is 0.367 e. The highest BCUT2D eigenvalue weighted by atomic mass is 16.2. The van der Waals surface area contributed by atoms with Gasteiger partial charge in [-0.25, -0.2) is 0 Å². The number of hydrogen-bond acceptors (Lipinski definition) is 3. The Labute approximate surface area is 106 Å². The van der Waals surface area contributed by atoms with Crippen molar-refractivity contribution in [3.63, 3.8) is 0 Å². The van der Waals surface area contributed by atoms with Crippen LogP contribution >= 0.6 is 0 Å². The molecule has 0 saturated carbocycles. The summed E-state index contributed by atoms with van der Waals surface area (Å²) in [6, 6.07) is 1.54. The van der Waals surface area contributed by atoms with Gasteiger partial charge in [-0.05, 0) is 32.2 Å². The molecule has 1 amide bonds. The summed E-state index contributed by atoms with van der Waals surface area (Å²) < 4.78 is 0. The first kappa shape index (κ1) is 12.8. The van der Waals surface area contributed by atoms with Gasteiger partial charge in [-0.1, -0.05) is 0 Å². The molecule has 18 heavy (non-hydrogen) atoms. The number of aromatic amines is 1. The Kier molecular flexibility index (Phi) is 3.81. The van der Waals surface area contributed by atoms with Gasteiger partial charge < -0.3 is 15.6 Å². The predicted molar refractivity (Wildman–Crippen MR) is 69.3 cm³/mol. The number of nitrogens with zero attached hydrogens (tertiary/aromatic N) is 1. The van der Waals surface area contributed by atoms with Gasteiger partial charge >= 0.3 is 0 Å². The lowest BCUT2D eigenvalue weighted by Gasteiger charge is -2.37. The van der Waals surface area contributed by atoms with Crippen molar-refractivity contribution in [1.29, 1.82) is 0 Å². The summed E-state index contributed by atoms with van der Waals surface area (Å²) in [6.45, 7) is 3.24. The van der Waals surface area contributed by atoms with Gasteiger partial charge in [-0.15, -0.1) is 0 Å². The fraction of sp³-hybridized carbons (Fsp3) is 0.538. The maximum Gasteiger partial charge on any atom is 0.259 e. The number of rotatable bonds is 2. The molecule has 0 bridgehead atoms. The van der Waals surface area contributed by atoms with Crippen LogP contribution in [0.1, 0.15) is 30.1 Å². The third kappa shape index (κ3) is 2.46. The second-order valence-corrected chi connectivity index (χ2v) is 4.91. The molecule has 2 atom stereocenters. The molecule has 0 radical (unpaired) electrons. The number of aromatic nitrogens is 1. The van der Waals surface area contributed by atoms with Crippen molar-refractivity contribution in [3.8, 4) is 0 Å². The number of pyridine rings is 1. The molecule has 1 aliphatic heterocycles. The third-order valence-electron chi connectivity index (χ3n) is 3.63. The first-order valence-electron chi connectivity index (χ1n) is 6.31. The van der Waals surface area contributed by atoms with E-state index >= 15 is 0 Å². The number of nitrogens with one attached hydrogen (secondary N) is 1. The Morgan fingerprint density at radius 2 is 2.33 bits per heavy atom. The van der Waals surface area contributed by atoms with Crippen LogP contribution < -0.4 is 11.2 Å². The molecule has 5 heteroatoms. The molecule has 1 fully saturated rings. The summed E-state index contributed by atoms with van der Waals surface area (Å²) in [4.78, 5) is 28.6. The zero-order chi connectivity index (χ0) is 13.1. The number of H-pyrrole nitrogens is 1. The Bertz CT molecular complexity index is 483. The van der Waals surface area contributed by atoms with Crippen LogP contribution in [-0.2, 0) is 0 Å². The van der Waals surface area contributed by atoms with Crippen molar-refractivity contribution in [2.75, 3.05) is 13.1 Å². The smallest absolute Gasteiger partial charge is 0.259 e. The highest BCUT2D eigenvalue weighted by molar-refractivity contribution is 5.94. The van der Waals surface area contributed by atoms with Gasteiger partial charge in [0.25, 0.3) is 5.91 Å². The van der Waals surface area contributed by atoms with Gasteiger partial charge in [0.15, 0.2) is 5.43 Å². The fourth-order valence-corrected chi connectivity index (χ4v) is 2.40. The fourth-order valence-electron chi connectivity index (χ4n) is 2.40. The van der Waals surface area contributed by atoms with E-state index in [4.69, 9.17) is 5.73 Å². The maximum absolute atomic E-state index is 12.4. The van der Waals surface area contributed by atoms with E-state index in [1.165, 1.54) is 18.5 Å². The highest BCUT2D eigenvalue weighted by Crippen LogP contribution is 2.22. The van der Waals surface area contributed by atoms with Crippen molar-refractivity contribution < 1.29 is 4.79 Å². The zero-order valence-electron chi connectivity index (χ0n) is 10.6. The Morgan fingerprint density at radius 3 is 3.00 bits per heavy atom. The van der Waals surface area contributed by atoms with Crippen LogP contribution in [0.25, 0.3) is 0 Å². The topological polar surface area (TPSA) is 79.2 Å². The van der Waals surface area contributed by atoms with E-state index in [1.807, 2.05) is 6.92 Å². The lowest BCUT2D eigenvalue weighted by molar-refractivity contribution is 0.0565. The summed E-state index contributed by atoms with van der Waals surface area (Å²) in [5.74, 6) is 0.149. The van der Waals surface area contributed by atoms with Crippen LogP contribution in [0.15, 0.2) is 23.3 Å². The second-order valence-electron chi connectivity index (χ2n) is 4.91. The lowest BCUT2D eigenvalue weighted by Crippen LogP contribution is -2.48. The van der Waals surface area contributed by atoms with Crippen LogP contribution in [0.2, 0.25) is 0 Å².